The van der Waals surface area contributed by atoms with E-state index >= 15 is 0 Å². The second kappa shape index (κ2) is 3.59. The van der Waals surface area contributed by atoms with E-state index in [1.807, 2.05) is 0 Å². The monoisotopic (exact) mass is 220 g/mol. The normalized spacial score (nSPS) is 33.1. The standard InChI is InChI=1S/C11H16N4O/c12-10-3-13-4-11(14-10)15-5-7-1-2-9(16)8(7)6-15/h3-4,7-9,16H,1-2,5-6H2,(H2,12,14). The van der Waals surface area contributed by atoms with Crippen LogP contribution >= 0.6 is 0 Å². The fourth-order valence-electron chi connectivity index (χ4n) is 2.95. The van der Waals surface area contributed by atoms with Crippen LogP contribution in [0.4, 0.5) is 11.6 Å². The maximum absolute atomic E-state index is 9.83. The van der Waals surface area contributed by atoms with E-state index in [0.717, 1.165) is 31.7 Å². The van der Waals surface area contributed by atoms with Gasteiger partial charge in [-0.25, -0.2) is 4.98 Å². The SMILES string of the molecule is Nc1cncc(N2CC3CCC(O)C3C2)n1. The minimum absolute atomic E-state index is 0.135. The fourth-order valence-corrected chi connectivity index (χ4v) is 2.95. The number of aliphatic hydroxyl groups is 1. The molecule has 1 aliphatic carbocycles. The summed E-state index contributed by atoms with van der Waals surface area (Å²) < 4.78 is 0. The van der Waals surface area contributed by atoms with E-state index in [-0.39, 0.29) is 6.10 Å². The van der Waals surface area contributed by atoms with E-state index in [1.54, 1.807) is 12.4 Å². The van der Waals surface area contributed by atoms with Crippen molar-refractivity contribution >= 4 is 11.6 Å². The average Bonchev–Trinajstić information content (AvgIpc) is 2.81. The van der Waals surface area contributed by atoms with Crippen LogP contribution in [0, 0.1) is 11.8 Å². The van der Waals surface area contributed by atoms with Crippen molar-refractivity contribution in [1.82, 2.24) is 9.97 Å². The molecule has 16 heavy (non-hydrogen) atoms. The van der Waals surface area contributed by atoms with Gasteiger partial charge in [-0.05, 0) is 18.8 Å². The molecule has 3 unspecified atom stereocenters. The van der Waals surface area contributed by atoms with Gasteiger partial charge in [-0.2, -0.15) is 0 Å². The van der Waals surface area contributed by atoms with Crippen molar-refractivity contribution < 1.29 is 5.11 Å². The van der Waals surface area contributed by atoms with E-state index < -0.39 is 0 Å². The Hall–Kier alpha value is -1.36. The lowest BCUT2D eigenvalue weighted by atomic mass is 10.00. The molecule has 5 nitrogen and oxygen atoms in total. The third-order valence-corrected chi connectivity index (χ3v) is 3.78. The highest BCUT2D eigenvalue weighted by molar-refractivity contribution is 5.43. The third-order valence-electron chi connectivity index (χ3n) is 3.78. The highest BCUT2D eigenvalue weighted by atomic mass is 16.3. The van der Waals surface area contributed by atoms with Gasteiger partial charge in [0.15, 0.2) is 0 Å². The first-order valence-corrected chi connectivity index (χ1v) is 5.74. The molecular weight excluding hydrogens is 204 g/mol. The minimum atomic E-state index is -0.135. The van der Waals surface area contributed by atoms with Gasteiger partial charge in [0.1, 0.15) is 11.6 Å². The van der Waals surface area contributed by atoms with Gasteiger partial charge in [0.25, 0.3) is 0 Å². The molecule has 1 aromatic rings. The van der Waals surface area contributed by atoms with Crippen LogP contribution < -0.4 is 10.6 Å². The number of hydrogen-bond acceptors (Lipinski definition) is 5. The number of nitrogens with two attached hydrogens (primary N) is 1. The number of aromatic nitrogens is 2. The Morgan fingerprint density at radius 2 is 2.19 bits per heavy atom. The molecule has 2 heterocycles. The zero-order valence-corrected chi connectivity index (χ0v) is 9.08. The van der Waals surface area contributed by atoms with Gasteiger partial charge in [-0.3, -0.25) is 4.98 Å². The molecular formula is C11H16N4O. The van der Waals surface area contributed by atoms with Gasteiger partial charge in [-0.15, -0.1) is 0 Å². The van der Waals surface area contributed by atoms with Crippen LogP contribution in [0.15, 0.2) is 12.4 Å². The molecule has 1 aromatic heterocycles. The molecule has 3 rings (SSSR count). The van der Waals surface area contributed by atoms with E-state index in [9.17, 15) is 5.11 Å². The Bertz CT molecular complexity index is 397. The van der Waals surface area contributed by atoms with Crippen molar-refractivity contribution in [2.45, 2.75) is 18.9 Å². The van der Waals surface area contributed by atoms with Crippen molar-refractivity contribution in [3.8, 4) is 0 Å². The molecule has 3 atom stereocenters. The quantitative estimate of drug-likeness (QED) is 0.710. The van der Waals surface area contributed by atoms with Crippen LogP contribution in [0.3, 0.4) is 0 Å². The van der Waals surface area contributed by atoms with Gasteiger partial charge >= 0.3 is 0 Å². The second-order valence-corrected chi connectivity index (χ2v) is 4.78. The zero-order valence-electron chi connectivity index (χ0n) is 9.08. The third kappa shape index (κ3) is 1.51. The largest absolute Gasteiger partial charge is 0.393 e. The van der Waals surface area contributed by atoms with Gasteiger partial charge in [0.2, 0.25) is 0 Å². The van der Waals surface area contributed by atoms with Crippen LogP contribution in [0.5, 0.6) is 0 Å². The predicted molar refractivity (Wildman–Crippen MR) is 60.9 cm³/mol. The second-order valence-electron chi connectivity index (χ2n) is 4.78. The van der Waals surface area contributed by atoms with Crippen LogP contribution in [-0.2, 0) is 0 Å². The molecule has 1 aliphatic heterocycles. The van der Waals surface area contributed by atoms with Crippen molar-refractivity contribution in [2.24, 2.45) is 11.8 Å². The molecule has 0 radical (unpaired) electrons. The summed E-state index contributed by atoms with van der Waals surface area (Å²) in [7, 11) is 0. The van der Waals surface area contributed by atoms with E-state index in [4.69, 9.17) is 5.73 Å². The summed E-state index contributed by atoms with van der Waals surface area (Å²) >= 11 is 0. The molecule has 3 N–H and O–H groups in total. The van der Waals surface area contributed by atoms with E-state index in [0.29, 0.717) is 17.7 Å². The summed E-state index contributed by atoms with van der Waals surface area (Å²) in [4.78, 5) is 10.5. The zero-order chi connectivity index (χ0) is 11.1. The molecule has 0 amide bonds. The Morgan fingerprint density at radius 1 is 1.31 bits per heavy atom. The molecule has 1 saturated carbocycles. The number of fused-ring (bicyclic) bond motifs is 1. The number of nitrogens with zero attached hydrogens (tertiary/aromatic N) is 3. The van der Waals surface area contributed by atoms with Crippen LogP contribution in [-0.4, -0.2) is 34.3 Å². The molecule has 2 fully saturated rings. The topological polar surface area (TPSA) is 75.3 Å². The number of hydrogen-bond donors (Lipinski definition) is 2. The Balaban J connectivity index is 1.79. The smallest absolute Gasteiger partial charge is 0.149 e. The maximum atomic E-state index is 9.83. The summed E-state index contributed by atoms with van der Waals surface area (Å²) in [5.74, 6) is 2.30. The Morgan fingerprint density at radius 3 is 2.94 bits per heavy atom. The lowest BCUT2D eigenvalue weighted by Gasteiger charge is -2.18. The number of aliphatic hydroxyl groups excluding tert-OH is 1. The highest BCUT2D eigenvalue weighted by Gasteiger charge is 2.42. The number of rotatable bonds is 1. The first-order valence-electron chi connectivity index (χ1n) is 5.74. The lowest BCUT2D eigenvalue weighted by Crippen LogP contribution is -2.25. The Kier molecular flexibility index (Phi) is 2.21. The molecule has 1 saturated heterocycles. The van der Waals surface area contributed by atoms with Crippen LogP contribution in [0.1, 0.15) is 12.8 Å². The molecule has 5 heteroatoms. The molecule has 0 bridgehead atoms. The van der Waals surface area contributed by atoms with Crippen molar-refractivity contribution in [3.05, 3.63) is 12.4 Å². The molecule has 86 valence electrons. The van der Waals surface area contributed by atoms with Gasteiger partial charge in [0, 0.05) is 19.0 Å². The lowest BCUT2D eigenvalue weighted by molar-refractivity contribution is 0.133. The first kappa shape index (κ1) is 9.84. The van der Waals surface area contributed by atoms with Crippen LogP contribution in [0.2, 0.25) is 0 Å². The van der Waals surface area contributed by atoms with Gasteiger partial charge in [-0.1, -0.05) is 0 Å². The average molecular weight is 220 g/mol. The summed E-state index contributed by atoms with van der Waals surface area (Å²) in [5.41, 5.74) is 5.62. The van der Waals surface area contributed by atoms with Gasteiger partial charge < -0.3 is 15.7 Å². The van der Waals surface area contributed by atoms with E-state index in [2.05, 4.69) is 14.9 Å². The predicted octanol–water partition coefficient (Wildman–Crippen LogP) is 0.266. The van der Waals surface area contributed by atoms with E-state index in [1.165, 1.54) is 0 Å². The van der Waals surface area contributed by atoms with Crippen molar-refractivity contribution in [2.75, 3.05) is 23.7 Å². The highest BCUT2D eigenvalue weighted by Crippen LogP contribution is 2.39. The number of anilines is 2. The van der Waals surface area contributed by atoms with Gasteiger partial charge in [0.05, 0.1) is 18.5 Å². The molecule has 0 spiro atoms. The van der Waals surface area contributed by atoms with Crippen molar-refractivity contribution in [1.29, 1.82) is 0 Å². The molecule has 0 aromatic carbocycles. The molecule has 2 aliphatic rings. The summed E-state index contributed by atoms with van der Waals surface area (Å²) in [6.07, 6.45) is 5.23. The van der Waals surface area contributed by atoms with Crippen LogP contribution in [0.25, 0.3) is 0 Å². The summed E-state index contributed by atoms with van der Waals surface area (Å²) in [6.45, 7) is 1.85. The first-order chi connectivity index (χ1) is 7.74. The maximum Gasteiger partial charge on any atom is 0.149 e. The summed E-state index contributed by atoms with van der Waals surface area (Å²) in [5, 5.41) is 9.83. The number of nitrogen functional groups attached to an aromatic ring is 1. The van der Waals surface area contributed by atoms with Crippen molar-refractivity contribution in [3.63, 3.8) is 0 Å². The fraction of sp³-hybridized carbons (Fsp3) is 0.636. The summed E-state index contributed by atoms with van der Waals surface area (Å²) in [6, 6.07) is 0. The minimum Gasteiger partial charge on any atom is -0.393 e. The Labute approximate surface area is 94.3 Å².